The number of Topliss-reactive ketones (excluding diaryl/α,β-unsaturated/α-hetero) is 1. The van der Waals surface area contributed by atoms with E-state index in [4.69, 9.17) is 10.5 Å². The van der Waals surface area contributed by atoms with Crippen molar-refractivity contribution < 1.29 is 14.3 Å². The number of rotatable bonds is 6. The van der Waals surface area contributed by atoms with E-state index in [9.17, 15) is 9.59 Å². The first-order valence-corrected chi connectivity index (χ1v) is 5.70. The van der Waals surface area contributed by atoms with E-state index in [1.54, 1.807) is 24.3 Å². The number of nitrogens with one attached hydrogen (secondary N) is 1. The Labute approximate surface area is 106 Å². The van der Waals surface area contributed by atoms with Crippen molar-refractivity contribution in [1.82, 2.24) is 0 Å². The number of anilines is 1. The molecule has 0 bridgehead atoms. The third-order valence-corrected chi connectivity index (χ3v) is 2.56. The Morgan fingerprint density at radius 1 is 1.44 bits per heavy atom. The van der Waals surface area contributed by atoms with Gasteiger partial charge in [-0.05, 0) is 19.1 Å². The number of carbonyl (C=O) groups excluding carboxylic acids is 2. The minimum atomic E-state index is -0.291. The van der Waals surface area contributed by atoms with Gasteiger partial charge in [-0.2, -0.15) is 0 Å². The molecule has 1 unspecified atom stereocenters. The van der Waals surface area contributed by atoms with Gasteiger partial charge >= 0.3 is 0 Å². The van der Waals surface area contributed by atoms with Crippen LogP contribution in [0.15, 0.2) is 24.3 Å². The van der Waals surface area contributed by atoms with E-state index in [1.807, 2.05) is 0 Å². The summed E-state index contributed by atoms with van der Waals surface area (Å²) in [5.41, 5.74) is 6.60. The zero-order valence-corrected chi connectivity index (χ0v) is 10.6. The molecular formula is C13H18N2O3. The topological polar surface area (TPSA) is 81.4 Å². The van der Waals surface area contributed by atoms with Crippen LogP contribution in [0.5, 0.6) is 0 Å². The zero-order chi connectivity index (χ0) is 13.5. The number of ketones is 1. The predicted molar refractivity (Wildman–Crippen MR) is 69.5 cm³/mol. The molecule has 0 aliphatic heterocycles. The van der Waals surface area contributed by atoms with Crippen molar-refractivity contribution in [1.29, 1.82) is 0 Å². The molecule has 1 aromatic carbocycles. The Hall–Kier alpha value is -1.72. The summed E-state index contributed by atoms with van der Waals surface area (Å²) < 4.78 is 5.03. The van der Waals surface area contributed by atoms with Gasteiger partial charge in [0.05, 0.1) is 12.5 Å². The summed E-state index contributed by atoms with van der Waals surface area (Å²) in [5.74, 6) is -0.226. The Morgan fingerprint density at radius 3 is 2.72 bits per heavy atom. The fourth-order valence-electron chi connectivity index (χ4n) is 1.50. The van der Waals surface area contributed by atoms with Crippen LogP contribution in [0.4, 0.5) is 5.69 Å². The molecule has 0 saturated carbocycles. The monoisotopic (exact) mass is 250 g/mol. The Balaban J connectivity index is 2.64. The number of carbonyl (C=O) groups is 2. The lowest BCUT2D eigenvalue weighted by Crippen LogP contribution is -2.28. The second-order valence-corrected chi connectivity index (χ2v) is 3.98. The van der Waals surface area contributed by atoms with Gasteiger partial charge in [-0.3, -0.25) is 9.59 Å². The fraction of sp³-hybridized carbons (Fsp3) is 0.385. The van der Waals surface area contributed by atoms with Gasteiger partial charge < -0.3 is 15.8 Å². The SMILES string of the molecule is COC(CN)CC(=O)Nc1cccc(C(C)=O)c1. The molecule has 0 aromatic heterocycles. The van der Waals surface area contributed by atoms with E-state index >= 15 is 0 Å². The molecule has 1 atom stereocenters. The summed E-state index contributed by atoms with van der Waals surface area (Å²) in [5, 5.41) is 2.71. The fourth-order valence-corrected chi connectivity index (χ4v) is 1.50. The highest BCUT2D eigenvalue weighted by Crippen LogP contribution is 2.12. The van der Waals surface area contributed by atoms with Crippen molar-refractivity contribution in [3.8, 4) is 0 Å². The van der Waals surface area contributed by atoms with Crippen LogP contribution < -0.4 is 11.1 Å². The molecule has 0 spiro atoms. The Morgan fingerprint density at radius 2 is 2.17 bits per heavy atom. The van der Waals surface area contributed by atoms with Crippen molar-refractivity contribution >= 4 is 17.4 Å². The number of methoxy groups -OCH3 is 1. The normalized spacial score (nSPS) is 11.9. The number of ether oxygens (including phenoxy) is 1. The minimum absolute atomic E-state index is 0.0391. The molecule has 5 heteroatoms. The lowest BCUT2D eigenvalue weighted by Gasteiger charge is -2.12. The quantitative estimate of drug-likeness (QED) is 0.743. The van der Waals surface area contributed by atoms with Gasteiger partial charge in [0.15, 0.2) is 5.78 Å². The molecule has 1 amide bonds. The lowest BCUT2D eigenvalue weighted by molar-refractivity contribution is -0.118. The summed E-state index contributed by atoms with van der Waals surface area (Å²) >= 11 is 0. The summed E-state index contributed by atoms with van der Waals surface area (Å²) in [4.78, 5) is 22.9. The molecule has 0 fully saturated rings. The van der Waals surface area contributed by atoms with Gasteiger partial charge in [0.25, 0.3) is 0 Å². The van der Waals surface area contributed by atoms with Crippen LogP contribution in [-0.2, 0) is 9.53 Å². The van der Waals surface area contributed by atoms with E-state index in [0.29, 0.717) is 11.3 Å². The first-order chi connectivity index (χ1) is 8.56. The molecule has 5 nitrogen and oxygen atoms in total. The largest absolute Gasteiger partial charge is 0.380 e. The lowest BCUT2D eigenvalue weighted by atomic mass is 10.1. The van der Waals surface area contributed by atoms with E-state index in [1.165, 1.54) is 14.0 Å². The maximum atomic E-state index is 11.7. The second-order valence-electron chi connectivity index (χ2n) is 3.98. The number of benzene rings is 1. The van der Waals surface area contributed by atoms with E-state index in [0.717, 1.165) is 0 Å². The third-order valence-electron chi connectivity index (χ3n) is 2.56. The van der Waals surface area contributed by atoms with Crippen LogP contribution in [-0.4, -0.2) is 31.4 Å². The van der Waals surface area contributed by atoms with E-state index < -0.39 is 0 Å². The van der Waals surface area contributed by atoms with Gasteiger partial charge in [-0.15, -0.1) is 0 Å². The number of hydrogen-bond acceptors (Lipinski definition) is 4. The first kappa shape index (κ1) is 14.3. The molecule has 0 aliphatic rings. The molecule has 3 N–H and O–H groups in total. The summed E-state index contributed by atoms with van der Waals surface area (Å²) in [6, 6.07) is 6.80. The Bertz CT molecular complexity index is 428. The van der Waals surface area contributed by atoms with Crippen molar-refractivity contribution in [3.05, 3.63) is 29.8 Å². The molecular weight excluding hydrogens is 232 g/mol. The van der Waals surface area contributed by atoms with Crippen LogP contribution in [0, 0.1) is 0 Å². The van der Waals surface area contributed by atoms with Gasteiger partial charge in [0.1, 0.15) is 0 Å². The zero-order valence-electron chi connectivity index (χ0n) is 10.6. The molecule has 1 rings (SSSR count). The number of amides is 1. The van der Waals surface area contributed by atoms with Crippen LogP contribution >= 0.6 is 0 Å². The smallest absolute Gasteiger partial charge is 0.227 e. The molecule has 1 aromatic rings. The molecule has 0 saturated heterocycles. The van der Waals surface area contributed by atoms with Crippen molar-refractivity contribution in [3.63, 3.8) is 0 Å². The highest BCUT2D eigenvalue weighted by Gasteiger charge is 2.11. The van der Waals surface area contributed by atoms with Crippen molar-refractivity contribution in [2.45, 2.75) is 19.4 Å². The van der Waals surface area contributed by atoms with Crippen molar-refractivity contribution in [2.24, 2.45) is 5.73 Å². The van der Waals surface area contributed by atoms with Crippen LogP contribution in [0.25, 0.3) is 0 Å². The molecule has 0 radical (unpaired) electrons. The summed E-state index contributed by atoms with van der Waals surface area (Å²) in [6.45, 7) is 1.77. The van der Waals surface area contributed by atoms with Gasteiger partial charge in [-0.1, -0.05) is 12.1 Å². The molecule has 0 aliphatic carbocycles. The van der Waals surface area contributed by atoms with Crippen LogP contribution in [0.2, 0.25) is 0 Å². The standard InChI is InChI=1S/C13H18N2O3/c1-9(16)10-4-3-5-11(6-10)15-13(17)7-12(8-14)18-2/h3-6,12H,7-8,14H2,1-2H3,(H,15,17). The first-order valence-electron chi connectivity index (χ1n) is 5.70. The summed E-state index contributed by atoms with van der Waals surface area (Å²) in [6.07, 6.45) is -0.0990. The Kier molecular flexibility index (Phi) is 5.48. The van der Waals surface area contributed by atoms with Crippen molar-refractivity contribution in [2.75, 3.05) is 19.0 Å². The molecule has 0 heterocycles. The third kappa shape index (κ3) is 4.27. The maximum absolute atomic E-state index is 11.7. The van der Waals surface area contributed by atoms with E-state index in [-0.39, 0.29) is 30.8 Å². The van der Waals surface area contributed by atoms with Crippen LogP contribution in [0.1, 0.15) is 23.7 Å². The predicted octanol–water partition coefficient (Wildman–Crippen LogP) is 1.19. The van der Waals surface area contributed by atoms with Crippen LogP contribution in [0.3, 0.4) is 0 Å². The average molecular weight is 250 g/mol. The van der Waals surface area contributed by atoms with E-state index in [2.05, 4.69) is 5.32 Å². The number of nitrogens with two attached hydrogens (primary N) is 1. The highest BCUT2D eigenvalue weighted by molar-refractivity contribution is 5.97. The van der Waals surface area contributed by atoms with Gasteiger partial charge in [-0.25, -0.2) is 0 Å². The van der Waals surface area contributed by atoms with Gasteiger partial charge in [0, 0.05) is 24.9 Å². The summed E-state index contributed by atoms with van der Waals surface area (Å²) in [7, 11) is 1.52. The highest BCUT2D eigenvalue weighted by atomic mass is 16.5. The molecule has 98 valence electrons. The number of hydrogen-bond donors (Lipinski definition) is 2. The second kappa shape index (κ2) is 6.88. The maximum Gasteiger partial charge on any atom is 0.227 e. The van der Waals surface area contributed by atoms with Gasteiger partial charge in [0.2, 0.25) is 5.91 Å². The average Bonchev–Trinajstić information content (AvgIpc) is 2.36. The minimum Gasteiger partial charge on any atom is -0.380 e. The molecule has 18 heavy (non-hydrogen) atoms.